The molecule has 2 rings (SSSR count). The summed E-state index contributed by atoms with van der Waals surface area (Å²) in [4.78, 5) is 23.9. The van der Waals surface area contributed by atoms with Gasteiger partial charge in [0.2, 0.25) is 5.91 Å². The second-order valence-corrected chi connectivity index (χ2v) is 4.76. The van der Waals surface area contributed by atoms with Crippen LogP contribution >= 0.6 is 0 Å². The summed E-state index contributed by atoms with van der Waals surface area (Å²) in [5.41, 5.74) is 0.827. The van der Waals surface area contributed by atoms with E-state index in [2.05, 4.69) is 0 Å². The molecule has 1 amide bonds. The van der Waals surface area contributed by atoms with Gasteiger partial charge in [-0.05, 0) is 24.1 Å². The number of benzene rings is 1. The normalized spacial score (nSPS) is 10.3. The molecule has 0 atom stereocenters. The van der Waals surface area contributed by atoms with E-state index in [4.69, 9.17) is 4.42 Å². The number of carbonyl (C=O) groups excluding carboxylic acids is 1. The Kier molecular flexibility index (Phi) is 4.71. The van der Waals surface area contributed by atoms with Crippen LogP contribution in [-0.2, 0) is 17.8 Å². The fourth-order valence-electron chi connectivity index (χ4n) is 1.99. The number of aryl methyl sites for hydroxylation is 1. The van der Waals surface area contributed by atoms with E-state index in [1.807, 2.05) is 6.07 Å². The van der Waals surface area contributed by atoms with E-state index in [1.165, 1.54) is 12.1 Å². The van der Waals surface area contributed by atoms with Gasteiger partial charge in [0.05, 0.1) is 17.7 Å². The van der Waals surface area contributed by atoms with Gasteiger partial charge in [0.1, 0.15) is 5.76 Å². The minimum absolute atomic E-state index is 0.0297. The zero-order chi connectivity index (χ0) is 15.2. The molecule has 0 aliphatic carbocycles. The van der Waals surface area contributed by atoms with Crippen molar-refractivity contribution >= 4 is 11.6 Å². The van der Waals surface area contributed by atoms with Crippen LogP contribution in [0.25, 0.3) is 0 Å². The molecule has 0 saturated carbocycles. The molecule has 0 aliphatic heterocycles. The molecule has 1 aromatic heterocycles. The smallest absolute Gasteiger partial charge is 0.269 e. The number of furan rings is 1. The fourth-order valence-corrected chi connectivity index (χ4v) is 1.99. The summed E-state index contributed by atoms with van der Waals surface area (Å²) in [5, 5.41) is 10.7. The van der Waals surface area contributed by atoms with E-state index < -0.39 is 4.92 Å². The molecule has 0 saturated heterocycles. The highest BCUT2D eigenvalue weighted by Gasteiger charge is 2.12. The van der Waals surface area contributed by atoms with Gasteiger partial charge in [-0.1, -0.05) is 12.1 Å². The van der Waals surface area contributed by atoms with E-state index in [1.54, 1.807) is 36.4 Å². The number of nitro benzene ring substituents is 1. The van der Waals surface area contributed by atoms with E-state index in [0.29, 0.717) is 19.4 Å². The Morgan fingerprint density at radius 1 is 1.33 bits per heavy atom. The van der Waals surface area contributed by atoms with Crippen molar-refractivity contribution in [3.05, 3.63) is 64.1 Å². The van der Waals surface area contributed by atoms with Gasteiger partial charge in [0.25, 0.3) is 5.69 Å². The van der Waals surface area contributed by atoms with Gasteiger partial charge in [0, 0.05) is 25.6 Å². The Labute approximate surface area is 122 Å². The SMILES string of the molecule is CN(Cc1ccco1)C(=O)CCc1cccc([N+](=O)[O-])c1. The highest BCUT2D eigenvalue weighted by Crippen LogP contribution is 2.15. The molecule has 110 valence electrons. The first kappa shape index (κ1) is 14.8. The number of hydrogen-bond acceptors (Lipinski definition) is 4. The molecule has 6 heteroatoms. The van der Waals surface area contributed by atoms with Gasteiger partial charge in [-0.25, -0.2) is 0 Å². The number of hydrogen-bond donors (Lipinski definition) is 0. The Bertz CT molecular complexity index is 622. The Hall–Kier alpha value is -2.63. The van der Waals surface area contributed by atoms with Crippen molar-refractivity contribution in [2.75, 3.05) is 7.05 Å². The van der Waals surface area contributed by atoms with Crippen molar-refractivity contribution in [3.8, 4) is 0 Å². The first-order chi connectivity index (χ1) is 10.1. The molecule has 0 bridgehead atoms. The van der Waals surface area contributed by atoms with E-state index >= 15 is 0 Å². The summed E-state index contributed by atoms with van der Waals surface area (Å²) in [6.07, 6.45) is 2.35. The minimum atomic E-state index is -0.436. The van der Waals surface area contributed by atoms with Gasteiger partial charge < -0.3 is 9.32 Å². The summed E-state index contributed by atoms with van der Waals surface area (Å²) in [7, 11) is 1.71. The first-order valence-electron chi connectivity index (χ1n) is 6.56. The van der Waals surface area contributed by atoms with Crippen molar-refractivity contribution < 1.29 is 14.1 Å². The Balaban J connectivity index is 1.88. The lowest BCUT2D eigenvalue weighted by Gasteiger charge is -2.15. The maximum absolute atomic E-state index is 12.0. The van der Waals surface area contributed by atoms with Crippen molar-refractivity contribution in [1.82, 2.24) is 4.90 Å². The Morgan fingerprint density at radius 2 is 2.14 bits per heavy atom. The van der Waals surface area contributed by atoms with Crippen molar-refractivity contribution in [3.63, 3.8) is 0 Å². The third-order valence-electron chi connectivity index (χ3n) is 3.15. The monoisotopic (exact) mass is 288 g/mol. The molecular formula is C15H16N2O4. The first-order valence-corrected chi connectivity index (χ1v) is 6.56. The van der Waals surface area contributed by atoms with Crippen LogP contribution in [0.5, 0.6) is 0 Å². The third kappa shape index (κ3) is 4.17. The second kappa shape index (κ2) is 6.69. The van der Waals surface area contributed by atoms with Crippen LogP contribution in [0.3, 0.4) is 0 Å². The van der Waals surface area contributed by atoms with Crippen LogP contribution < -0.4 is 0 Å². The molecular weight excluding hydrogens is 272 g/mol. The predicted molar refractivity (Wildman–Crippen MR) is 76.6 cm³/mol. The van der Waals surface area contributed by atoms with Crippen molar-refractivity contribution in [2.45, 2.75) is 19.4 Å². The summed E-state index contributed by atoms with van der Waals surface area (Å²) in [5.74, 6) is 0.694. The van der Waals surface area contributed by atoms with Crippen LogP contribution in [0.4, 0.5) is 5.69 Å². The van der Waals surface area contributed by atoms with Crippen molar-refractivity contribution in [2.24, 2.45) is 0 Å². The zero-order valence-electron chi connectivity index (χ0n) is 11.7. The summed E-state index contributed by atoms with van der Waals surface area (Å²) in [6, 6.07) is 9.94. The average molecular weight is 288 g/mol. The maximum atomic E-state index is 12.0. The molecule has 0 radical (unpaired) electrons. The maximum Gasteiger partial charge on any atom is 0.269 e. The van der Waals surface area contributed by atoms with Gasteiger partial charge in [0.15, 0.2) is 0 Å². The molecule has 1 aromatic carbocycles. The number of nitrogens with zero attached hydrogens (tertiary/aromatic N) is 2. The van der Waals surface area contributed by atoms with Crippen LogP contribution in [0.2, 0.25) is 0 Å². The predicted octanol–water partition coefficient (Wildman–Crippen LogP) is 2.78. The number of carbonyl (C=O) groups is 1. The van der Waals surface area contributed by atoms with Gasteiger partial charge in [-0.3, -0.25) is 14.9 Å². The average Bonchev–Trinajstić information content (AvgIpc) is 2.97. The number of rotatable bonds is 6. The fraction of sp³-hybridized carbons (Fsp3) is 0.267. The lowest BCUT2D eigenvalue weighted by molar-refractivity contribution is -0.384. The van der Waals surface area contributed by atoms with Crippen LogP contribution in [0.15, 0.2) is 47.1 Å². The molecule has 0 unspecified atom stereocenters. The van der Waals surface area contributed by atoms with E-state index in [-0.39, 0.29) is 11.6 Å². The lowest BCUT2D eigenvalue weighted by atomic mass is 10.1. The Morgan fingerprint density at radius 3 is 2.81 bits per heavy atom. The van der Waals surface area contributed by atoms with Gasteiger partial charge in [-0.15, -0.1) is 0 Å². The van der Waals surface area contributed by atoms with Crippen LogP contribution in [0.1, 0.15) is 17.7 Å². The summed E-state index contributed by atoms with van der Waals surface area (Å²) < 4.78 is 5.19. The summed E-state index contributed by atoms with van der Waals surface area (Å²) in [6.45, 7) is 0.417. The van der Waals surface area contributed by atoms with Gasteiger partial charge in [-0.2, -0.15) is 0 Å². The highest BCUT2D eigenvalue weighted by molar-refractivity contribution is 5.76. The molecule has 1 heterocycles. The quantitative estimate of drug-likeness (QED) is 0.605. The minimum Gasteiger partial charge on any atom is -0.467 e. The van der Waals surface area contributed by atoms with Crippen LogP contribution in [0, 0.1) is 10.1 Å². The topological polar surface area (TPSA) is 76.6 Å². The molecule has 21 heavy (non-hydrogen) atoms. The molecule has 2 aromatic rings. The molecule has 0 fully saturated rings. The second-order valence-electron chi connectivity index (χ2n) is 4.76. The third-order valence-corrected chi connectivity index (χ3v) is 3.15. The standard InChI is InChI=1S/C15H16N2O4/c1-16(11-14-6-3-9-21-14)15(18)8-7-12-4-2-5-13(10-12)17(19)20/h2-6,9-10H,7-8,11H2,1H3. The molecule has 6 nitrogen and oxygen atoms in total. The molecule has 0 spiro atoms. The highest BCUT2D eigenvalue weighted by atomic mass is 16.6. The lowest BCUT2D eigenvalue weighted by Crippen LogP contribution is -2.26. The van der Waals surface area contributed by atoms with Crippen LogP contribution in [-0.4, -0.2) is 22.8 Å². The summed E-state index contributed by atoms with van der Waals surface area (Å²) >= 11 is 0. The van der Waals surface area contributed by atoms with E-state index in [0.717, 1.165) is 11.3 Å². The van der Waals surface area contributed by atoms with Gasteiger partial charge >= 0.3 is 0 Å². The number of non-ortho nitro benzene ring substituents is 1. The zero-order valence-corrected chi connectivity index (χ0v) is 11.7. The molecule has 0 N–H and O–H groups in total. The van der Waals surface area contributed by atoms with E-state index in [9.17, 15) is 14.9 Å². The molecule has 0 aliphatic rings. The van der Waals surface area contributed by atoms with Crippen molar-refractivity contribution in [1.29, 1.82) is 0 Å². The largest absolute Gasteiger partial charge is 0.467 e. The number of amides is 1. The number of nitro groups is 1.